The van der Waals surface area contributed by atoms with Crippen LogP contribution in [0.1, 0.15) is 12.5 Å². The van der Waals surface area contributed by atoms with Crippen LogP contribution in [0.5, 0.6) is 0 Å². The highest BCUT2D eigenvalue weighted by atomic mass is 15.1. The summed E-state index contributed by atoms with van der Waals surface area (Å²) in [6, 6.07) is 8.42. The lowest BCUT2D eigenvalue weighted by Gasteiger charge is -2.31. The van der Waals surface area contributed by atoms with Crippen molar-refractivity contribution in [2.24, 2.45) is 5.73 Å². The zero-order chi connectivity index (χ0) is 22.2. The van der Waals surface area contributed by atoms with Gasteiger partial charge in [-0.25, -0.2) is 0 Å². The average molecular weight is 436 g/mol. The highest BCUT2D eigenvalue weighted by Gasteiger charge is 2.23. The van der Waals surface area contributed by atoms with E-state index in [2.05, 4.69) is 56.3 Å². The Morgan fingerprint density at radius 3 is 2.10 bits per heavy atom. The third kappa shape index (κ3) is 11.8. The van der Waals surface area contributed by atoms with E-state index < -0.39 is 0 Å². The third-order valence-electron chi connectivity index (χ3n) is 5.47. The first-order valence-corrected chi connectivity index (χ1v) is 11.7. The van der Waals surface area contributed by atoms with Crippen LogP contribution in [0.3, 0.4) is 0 Å². The SMILES string of the molecule is CCNCCNCC1(N)CNCCNCC(NCc2ccc(N)cc2)CNCCNC1. The van der Waals surface area contributed by atoms with Gasteiger partial charge in [-0.15, -0.1) is 0 Å². The minimum absolute atomic E-state index is 0.306. The Hall–Kier alpha value is -1.30. The molecular weight excluding hydrogens is 390 g/mol. The van der Waals surface area contributed by atoms with Gasteiger partial charge in [0.15, 0.2) is 0 Å². The molecule has 2 rings (SSSR count). The normalized spacial score (nSPS) is 24.5. The number of nitrogens with one attached hydrogen (secondary N) is 7. The molecule has 9 heteroatoms. The van der Waals surface area contributed by atoms with E-state index in [0.717, 1.165) is 90.8 Å². The quantitative estimate of drug-likeness (QED) is 0.159. The highest BCUT2D eigenvalue weighted by molar-refractivity contribution is 5.39. The van der Waals surface area contributed by atoms with Crippen LogP contribution < -0.4 is 48.7 Å². The van der Waals surface area contributed by atoms with Crippen molar-refractivity contribution >= 4 is 5.69 Å². The number of anilines is 1. The summed E-state index contributed by atoms with van der Waals surface area (Å²) in [5.41, 5.74) is 14.2. The molecule has 0 spiro atoms. The molecule has 1 aromatic carbocycles. The minimum atomic E-state index is -0.306. The first-order chi connectivity index (χ1) is 15.1. The molecule has 0 unspecified atom stereocenters. The molecule has 0 aromatic heterocycles. The van der Waals surface area contributed by atoms with Gasteiger partial charge in [-0.3, -0.25) is 0 Å². The standard InChI is InChI=1S/C22H45N9/c1-2-25-7-10-28-16-22(24)17-29-11-8-26-14-21(15-27-9-12-30-18-22)31-13-19-3-5-20(23)6-4-19/h3-6,21,25-31H,2,7-18,23-24H2,1H3. The zero-order valence-corrected chi connectivity index (χ0v) is 19.2. The summed E-state index contributed by atoms with van der Waals surface area (Å²) in [4.78, 5) is 0. The number of hydrogen-bond acceptors (Lipinski definition) is 9. The van der Waals surface area contributed by atoms with Crippen molar-refractivity contribution in [3.63, 3.8) is 0 Å². The average Bonchev–Trinajstić information content (AvgIpc) is 2.77. The van der Waals surface area contributed by atoms with E-state index in [9.17, 15) is 0 Å². The largest absolute Gasteiger partial charge is 0.399 e. The predicted molar refractivity (Wildman–Crippen MR) is 131 cm³/mol. The number of nitrogen functional groups attached to an aromatic ring is 1. The van der Waals surface area contributed by atoms with Crippen LogP contribution in [-0.2, 0) is 6.54 Å². The van der Waals surface area contributed by atoms with Crippen molar-refractivity contribution in [2.45, 2.75) is 25.0 Å². The summed E-state index contributed by atoms with van der Waals surface area (Å²) < 4.78 is 0. The molecule has 1 saturated heterocycles. The maximum absolute atomic E-state index is 6.68. The first kappa shape index (κ1) is 26.0. The van der Waals surface area contributed by atoms with E-state index in [0.29, 0.717) is 6.04 Å². The molecule has 0 saturated carbocycles. The number of hydrogen-bond donors (Lipinski definition) is 9. The van der Waals surface area contributed by atoms with Gasteiger partial charge in [0, 0.05) is 90.3 Å². The fraction of sp³-hybridized carbons (Fsp3) is 0.727. The summed E-state index contributed by atoms with van der Waals surface area (Å²) in [6.45, 7) is 13.6. The van der Waals surface area contributed by atoms with Gasteiger partial charge in [0.2, 0.25) is 0 Å². The Morgan fingerprint density at radius 2 is 1.48 bits per heavy atom. The number of benzene rings is 1. The van der Waals surface area contributed by atoms with E-state index >= 15 is 0 Å². The van der Waals surface area contributed by atoms with Crippen LogP contribution in [-0.4, -0.2) is 90.1 Å². The smallest absolute Gasteiger partial charge is 0.0533 e. The molecule has 1 aliphatic heterocycles. The van der Waals surface area contributed by atoms with Gasteiger partial charge in [0.05, 0.1) is 5.54 Å². The molecule has 178 valence electrons. The molecule has 31 heavy (non-hydrogen) atoms. The molecule has 0 atom stereocenters. The second-order valence-corrected chi connectivity index (χ2v) is 8.47. The van der Waals surface area contributed by atoms with E-state index in [-0.39, 0.29) is 5.54 Å². The van der Waals surface area contributed by atoms with Gasteiger partial charge < -0.3 is 48.7 Å². The predicted octanol–water partition coefficient (Wildman–Crippen LogP) is -2.00. The van der Waals surface area contributed by atoms with Crippen LogP contribution in [0.15, 0.2) is 24.3 Å². The van der Waals surface area contributed by atoms with Crippen molar-refractivity contribution < 1.29 is 0 Å². The summed E-state index contributed by atoms with van der Waals surface area (Å²) in [7, 11) is 0. The second-order valence-electron chi connectivity index (χ2n) is 8.47. The van der Waals surface area contributed by atoms with E-state index in [1.54, 1.807) is 0 Å². The maximum Gasteiger partial charge on any atom is 0.0533 e. The number of rotatable bonds is 9. The van der Waals surface area contributed by atoms with Gasteiger partial charge in [-0.2, -0.15) is 0 Å². The summed E-state index contributed by atoms with van der Waals surface area (Å²) in [5, 5.41) is 24.6. The highest BCUT2D eigenvalue weighted by Crippen LogP contribution is 2.05. The fourth-order valence-corrected chi connectivity index (χ4v) is 3.57. The van der Waals surface area contributed by atoms with Crippen LogP contribution in [0.2, 0.25) is 0 Å². The molecule has 11 N–H and O–H groups in total. The molecule has 0 radical (unpaired) electrons. The number of likely N-dealkylation sites (N-methyl/N-ethyl adjacent to an activating group) is 1. The van der Waals surface area contributed by atoms with Crippen LogP contribution in [0, 0.1) is 0 Å². The van der Waals surface area contributed by atoms with Crippen LogP contribution in [0.4, 0.5) is 5.69 Å². The summed E-state index contributed by atoms with van der Waals surface area (Å²) in [5.74, 6) is 0. The van der Waals surface area contributed by atoms with E-state index in [4.69, 9.17) is 11.5 Å². The van der Waals surface area contributed by atoms with Crippen molar-refractivity contribution in [3.05, 3.63) is 29.8 Å². The van der Waals surface area contributed by atoms with Gasteiger partial charge >= 0.3 is 0 Å². The summed E-state index contributed by atoms with van der Waals surface area (Å²) >= 11 is 0. The van der Waals surface area contributed by atoms with Crippen LogP contribution >= 0.6 is 0 Å². The van der Waals surface area contributed by atoms with Gasteiger partial charge in [0.25, 0.3) is 0 Å². The molecule has 0 amide bonds. The molecule has 1 aliphatic rings. The van der Waals surface area contributed by atoms with Crippen LogP contribution in [0.25, 0.3) is 0 Å². The Kier molecular flexibility index (Phi) is 13.0. The lowest BCUT2D eigenvalue weighted by molar-refractivity contribution is 0.345. The molecule has 0 aliphatic carbocycles. The van der Waals surface area contributed by atoms with E-state index in [1.807, 2.05) is 12.1 Å². The van der Waals surface area contributed by atoms with Crippen molar-refractivity contribution in [1.82, 2.24) is 37.2 Å². The third-order valence-corrected chi connectivity index (χ3v) is 5.47. The lowest BCUT2D eigenvalue weighted by atomic mass is 10.0. The fourth-order valence-electron chi connectivity index (χ4n) is 3.57. The zero-order valence-electron chi connectivity index (χ0n) is 19.2. The molecule has 1 aromatic rings. The molecule has 1 heterocycles. The van der Waals surface area contributed by atoms with Crippen molar-refractivity contribution in [1.29, 1.82) is 0 Å². The molecule has 9 nitrogen and oxygen atoms in total. The monoisotopic (exact) mass is 435 g/mol. The first-order valence-electron chi connectivity index (χ1n) is 11.7. The summed E-state index contributed by atoms with van der Waals surface area (Å²) in [6.07, 6.45) is 0. The van der Waals surface area contributed by atoms with Gasteiger partial charge in [-0.05, 0) is 24.2 Å². The minimum Gasteiger partial charge on any atom is -0.399 e. The number of nitrogens with two attached hydrogens (primary N) is 2. The lowest BCUT2D eigenvalue weighted by Crippen LogP contribution is -2.62. The second kappa shape index (κ2) is 15.5. The Balaban J connectivity index is 1.73. The van der Waals surface area contributed by atoms with Crippen molar-refractivity contribution in [3.8, 4) is 0 Å². The Morgan fingerprint density at radius 1 is 0.903 bits per heavy atom. The molecular formula is C22H45N9. The molecule has 0 bridgehead atoms. The molecule has 1 fully saturated rings. The Bertz CT molecular complexity index is 551. The Labute approximate surface area is 188 Å². The topological polar surface area (TPSA) is 136 Å². The van der Waals surface area contributed by atoms with Crippen molar-refractivity contribution in [2.75, 3.05) is 84.3 Å². The van der Waals surface area contributed by atoms with E-state index in [1.165, 1.54) is 5.56 Å². The van der Waals surface area contributed by atoms with Gasteiger partial charge in [-0.1, -0.05) is 19.1 Å². The maximum atomic E-state index is 6.68. The van der Waals surface area contributed by atoms with Gasteiger partial charge in [0.1, 0.15) is 0 Å².